The number of nitrogens with one attached hydrogen (secondary N) is 1. The Bertz CT molecular complexity index is 874. The lowest BCUT2D eigenvalue weighted by Gasteiger charge is -2.16. The van der Waals surface area contributed by atoms with Crippen LogP contribution in [0, 0.1) is 11.8 Å². The highest BCUT2D eigenvalue weighted by molar-refractivity contribution is 5.78. The Morgan fingerprint density at radius 1 is 1.03 bits per heavy atom. The summed E-state index contributed by atoms with van der Waals surface area (Å²) >= 11 is 0. The van der Waals surface area contributed by atoms with E-state index >= 15 is 0 Å². The number of carbonyl (C=O) groups is 1. The molecule has 1 saturated heterocycles. The minimum Gasteiger partial charge on any atom is -0.492 e. The Kier molecular flexibility index (Phi) is 6.97. The van der Waals surface area contributed by atoms with Crippen molar-refractivity contribution in [1.82, 2.24) is 10.2 Å². The van der Waals surface area contributed by atoms with Gasteiger partial charge in [0.2, 0.25) is 12.7 Å². The zero-order valence-corrected chi connectivity index (χ0v) is 18.4. The number of fused-ring (bicyclic) bond motifs is 1. The van der Waals surface area contributed by atoms with Gasteiger partial charge in [0.05, 0.1) is 6.42 Å². The fourth-order valence-corrected chi connectivity index (χ4v) is 4.12. The minimum atomic E-state index is 0.00404. The first kappa shape index (κ1) is 21.5. The summed E-state index contributed by atoms with van der Waals surface area (Å²) in [5.74, 6) is 3.89. The van der Waals surface area contributed by atoms with E-state index in [4.69, 9.17) is 14.2 Å². The summed E-state index contributed by atoms with van der Waals surface area (Å²) in [4.78, 5) is 14.7. The standard InChI is InChI=1S/C25H32N2O4/c1-18-15-27(16-19(18)2)11-12-29-22-6-3-20(4-7-22)9-10-26-25(28)14-21-5-8-23-24(13-21)31-17-30-23/h3-8,13,18-19H,9-12,14-17H2,1-2H3,(H,26,28)/t18-,19-/m1/s1. The highest BCUT2D eigenvalue weighted by atomic mass is 16.7. The highest BCUT2D eigenvalue weighted by Gasteiger charge is 2.25. The lowest BCUT2D eigenvalue weighted by molar-refractivity contribution is -0.120. The van der Waals surface area contributed by atoms with Gasteiger partial charge in [0, 0.05) is 26.2 Å². The molecule has 0 aromatic heterocycles. The van der Waals surface area contributed by atoms with Crippen LogP contribution in [0.4, 0.5) is 0 Å². The number of nitrogens with zero attached hydrogens (tertiary/aromatic N) is 1. The molecule has 2 atom stereocenters. The second kappa shape index (κ2) is 10.1. The van der Waals surface area contributed by atoms with E-state index in [9.17, 15) is 4.79 Å². The van der Waals surface area contributed by atoms with Gasteiger partial charge < -0.3 is 19.5 Å². The predicted octanol–water partition coefficient (Wildman–Crippen LogP) is 3.28. The number of rotatable bonds is 9. The monoisotopic (exact) mass is 424 g/mol. The molecule has 2 aliphatic rings. The van der Waals surface area contributed by atoms with E-state index in [0.717, 1.165) is 41.9 Å². The maximum atomic E-state index is 12.2. The predicted molar refractivity (Wildman–Crippen MR) is 120 cm³/mol. The molecule has 166 valence electrons. The van der Waals surface area contributed by atoms with Crippen LogP contribution in [0.1, 0.15) is 25.0 Å². The summed E-state index contributed by atoms with van der Waals surface area (Å²) in [5, 5.41) is 2.99. The first-order valence-corrected chi connectivity index (χ1v) is 11.2. The van der Waals surface area contributed by atoms with Crippen LogP contribution in [0.25, 0.3) is 0 Å². The Hall–Kier alpha value is -2.73. The molecule has 0 aliphatic carbocycles. The topological polar surface area (TPSA) is 60.0 Å². The number of carbonyl (C=O) groups excluding carboxylic acids is 1. The summed E-state index contributed by atoms with van der Waals surface area (Å²) in [6.45, 7) is 9.53. The molecule has 0 radical (unpaired) electrons. The highest BCUT2D eigenvalue weighted by Crippen LogP contribution is 2.32. The fourth-order valence-electron chi connectivity index (χ4n) is 4.12. The molecule has 0 saturated carbocycles. The van der Waals surface area contributed by atoms with Crippen LogP contribution in [-0.4, -0.2) is 50.4 Å². The molecule has 2 aromatic carbocycles. The molecular formula is C25H32N2O4. The molecule has 2 heterocycles. The van der Waals surface area contributed by atoms with Crippen LogP contribution < -0.4 is 19.5 Å². The van der Waals surface area contributed by atoms with E-state index in [1.165, 1.54) is 18.7 Å². The van der Waals surface area contributed by atoms with Gasteiger partial charge in [-0.25, -0.2) is 0 Å². The Morgan fingerprint density at radius 2 is 1.74 bits per heavy atom. The van der Waals surface area contributed by atoms with E-state index in [2.05, 4.69) is 36.2 Å². The van der Waals surface area contributed by atoms with Crippen molar-refractivity contribution < 1.29 is 19.0 Å². The van der Waals surface area contributed by atoms with Crippen molar-refractivity contribution in [2.45, 2.75) is 26.7 Å². The summed E-state index contributed by atoms with van der Waals surface area (Å²) in [6, 6.07) is 13.8. The van der Waals surface area contributed by atoms with Crippen molar-refractivity contribution in [2.75, 3.05) is 39.6 Å². The van der Waals surface area contributed by atoms with Gasteiger partial charge in [-0.1, -0.05) is 32.0 Å². The normalized spacial score (nSPS) is 20.1. The zero-order chi connectivity index (χ0) is 21.6. The molecule has 4 rings (SSSR count). The molecule has 6 heteroatoms. The number of amides is 1. The van der Waals surface area contributed by atoms with Crippen molar-refractivity contribution in [2.24, 2.45) is 11.8 Å². The SMILES string of the molecule is C[C@@H]1CN(CCOc2ccc(CCNC(=O)Cc3ccc4c(c3)OCO4)cc2)C[C@H]1C. The minimum absolute atomic E-state index is 0.00404. The van der Waals surface area contributed by atoms with Crippen molar-refractivity contribution in [1.29, 1.82) is 0 Å². The molecule has 1 amide bonds. The van der Waals surface area contributed by atoms with Crippen molar-refractivity contribution >= 4 is 5.91 Å². The third kappa shape index (κ3) is 5.91. The molecule has 6 nitrogen and oxygen atoms in total. The third-order valence-electron chi connectivity index (χ3n) is 6.20. The molecule has 1 fully saturated rings. The van der Waals surface area contributed by atoms with Crippen molar-refractivity contribution in [3.05, 3.63) is 53.6 Å². The molecule has 1 N–H and O–H groups in total. The average molecular weight is 425 g/mol. The molecule has 31 heavy (non-hydrogen) atoms. The maximum absolute atomic E-state index is 12.2. The Labute approximate surface area is 184 Å². The van der Waals surface area contributed by atoms with E-state index in [-0.39, 0.29) is 12.7 Å². The smallest absolute Gasteiger partial charge is 0.231 e. The van der Waals surface area contributed by atoms with Crippen LogP contribution in [0.5, 0.6) is 17.2 Å². The fraction of sp³-hybridized carbons (Fsp3) is 0.480. The van der Waals surface area contributed by atoms with E-state index in [1.54, 1.807) is 0 Å². The van der Waals surface area contributed by atoms with Gasteiger partial charge in [-0.15, -0.1) is 0 Å². The summed E-state index contributed by atoms with van der Waals surface area (Å²) in [6.07, 6.45) is 1.12. The number of likely N-dealkylation sites (tertiary alicyclic amines) is 1. The average Bonchev–Trinajstić information content (AvgIpc) is 3.35. The Balaban J connectivity index is 1.14. The summed E-state index contributed by atoms with van der Waals surface area (Å²) in [7, 11) is 0. The number of hydrogen-bond acceptors (Lipinski definition) is 5. The summed E-state index contributed by atoms with van der Waals surface area (Å²) < 4.78 is 16.6. The van der Waals surface area contributed by atoms with Crippen LogP contribution >= 0.6 is 0 Å². The van der Waals surface area contributed by atoms with Crippen LogP contribution in [-0.2, 0) is 17.6 Å². The van der Waals surface area contributed by atoms with E-state index in [0.29, 0.717) is 25.3 Å². The molecule has 0 unspecified atom stereocenters. The summed E-state index contributed by atoms with van der Waals surface area (Å²) in [5.41, 5.74) is 2.10. The van der Waals surface area contributed by atoms with Crippen molar-refractivity contribution in [3.63, 3.8) is 0 Å². The van der Waals surface area contributed by atoms with Crippen LogP contribution in [0.3, 0.4) is 0 Å². The van der Waals surface area contributed by atoms with Crippen molar-refractivity contribution in [3.8, 4) is 17.2 Å². The first-order valence-electron chi connectivity index (χ1n) is 11.2. The van der Waals surface area contributed by atoms with Crippen LogP contribution in [0.15, 0.2) is 42.5 Å². The first-order chi connectivity index (χ1) is 15.1. The molecule has 2 aromatic rings. The quantitative estimate of drug-likeness (QED) is 0.669. The molecule has 2 aliphatic heterocycles. The molecular weight excluding hydrogens is 392 g/mol. The second-order valence-electron chi connectivity index (χ2n) is 8.67. The van der Waals surface area contributed by atoms with E-state index < -0.39 is 0 Å². The maximum Gasteiger partial charge on any atom is 0.231 e. The Morgan fingerprint density at radius 3 is 2.52 bits per heavy atom. The lowest BCUT2D eigenvalue weighted by atomic mass is 10.0. The van der Waals surface area contributed by atoms with Gasteiger partial charge in [0.15, 0.2) is 11.5 Å². The lowest BCUT2D eigenvalue weighted by Crippen LogP contribution is -2.27. The van der Waals surface area contributed by atoms with Gasteiger partial charge in [0.1, 0.15) is 12.4 Å². The van der Waals surface area contributed by atoms with Gasteiger partial charge in [-0.3, -0.25) is 9.69 Å². The number of ether oxygens (including phenoxy) is 3. The number of benzene rings is 2. The van der Waals surface area contributed by atoms with Gasteiger partial charge >= 0.3 is 0 Å². The van der Waals surface area contributed by atoms with Gasteiger partial charge in [-0.05, 0) is 53.6 Å². The third-order valence-corrected chi connectivity index (χ3v) is 6.20. The largest absolute Gasteiger partial charge is 0.492 e. The number of hydrogen-bond donors (Lipinski definition) is 1. The van der Waals surface area contributed by atoms with E-state index in [1.807, 2.05) is 30.3 Å². The van der Waals surface area contributed by atoms with Gasteiger partial charge in [0.25, 0.3) is 0 Å². The van der Waals surface area contributed by atoms with Gasteiger partial charge in [-0.2, -0.15) is 0 Å². The zero-order valence-electron chi connectivity index (χ0n) is 18.4. The molecule has 0 spiro atoms. The molecule has 0 bridgehead atoms. The van der Waals surface area contributed by atoms with Crippen LogP contribution in [0.2, 0.25) is 0 Å². The second-order valence-corrected chi connectivity index (χ2v) is 8.67.